The molecule has 4 nitrogen and oxygen atoms in total. The highest BCUT2D eigenvalue weighted by Crippen LogP contribution is 2.29. The van der Waals surface area contributed by atoms with Crippen LogP contribution in [0.4, 0.5) is 0 Å². The van der Waals surface area contributed by atoms with Gasteiger partial charge >= 0.3 is 0 Å². The van der Waals surface area contributed by atoms with Gasteiger partial charge in [0.25, 0.3) is 0 Å². The van der Waals surface area contributed by atoms with E-state index in [0.717, 1.165) is 47.0 Å². The van der Waals surface area contributed by atoms with Crippen molar-refractivity contribution < 1.29 is 9.47 Å². The molecule has 0 bridgehead atoms. The lowest BCUT2D eigenvalue weighted by Gasteiger charge is -2.13. The molecule has 3 aromatic carbocycles. The lowest BCUT2D eigenvalue weighted by Crippen LogP contribution is -2.06. The van der Waals surface area contributed by atoms with E-state index < -0.39 is 0 Å². The molecule has 0 radical (unpaired) electrons. The predicted molar refractivity (Wildman–Crippen MR) is 116 cm³/mol. The molecule has 0 amide bonds. The van der Waals surface area contributed by atoms with Gasteiger partial charge in [0.15, 0.2) is 0 Å². The van der Waals surface area contributed by atoms with E-state index in [1.54, 1.807) is 7.11 Å². The smallest absolute Gasteiger partial charge is 0.140 e. The van der Waals surface area contributed by atoms with Crippen LogP contribution in [-0.2, 0) is 6.54 Å². The highest BCUT2D eigenvalue weighted by molar-refractivity contribution is 5.70. The fourth-order valence-corrected chi connectivity index (χ4v) is 3.38. The Morgan fingerprint density at radius 3 is 2.52 bits per heavy atom. The molecule has 1 heterocycles. The third kappa shape index (κ3) is 4.49. The normalized spacial score (nSPS) is 10.7. The lowest BCUT2D eigenvalue weighted by molar-refractivity contribution is 0.303. The first kappa shape index (κ1) is 18.8. The average molecular weight is 384 g/mol. The van der Waals surface area contributed by atoms with Crippen LogP contribution in [0.5, 0.6) is 11.5 Å². The van der Waals surface area contributed by atoms with Crippen molar-refractivity contribution in [3.8, 4) is 34.0 Å². The van der Waals surface area contributed by atoms with E-state index in [9.17, 15) is 0 Å². The van der Waals surface area contributed by atoms with Crippen LogP contribution >= 0.6 is 0 Å². The van der Waals surface area contributed by atoms with Gasteiger partial charge in [-0.2, -0.15) is 0 Å². The van der Waals surface area contributed by atoms with E-state index in [1.165, 1.54) is 0 Å². The third-order valence-corrected chi connectivity index (χ3v) is 4.82. The summed E-state index contributed by atoms with van der Waals surface area (Å²) in [5.74, 6) is 2.68. The second kappa shape index (κ2) is 9.11. The van der Waals surface area contributed by atoms with Crippen LogP contribution in [0.15, 0.2) is 91.3 Å². The molecule has 1 aromatic heterocycles. The number of methoxy groups -OCH3 is 1. The average Bonchev–Trinajstić information content (AvgIpc) is 3.26. The SMILES string of the molecule is COc1cccc(-c2nccn2CCCOc2ccccc2-c2ccccc2)c1. The minimum atomic E-state index is 0.638. The number of aryl methyl sites for hydroxylation is 1. The van der Waals surface area contributed by atoms with Gasteiger partial charge in [0.05, 0.1) is 13.7 Å². The van der Waals surface area contributed by atoms with Crippen molar-refractivity contribution in [3.63, 3.8) is 0 Å². The van der Waals surface area contributed by atoms with E-state index in [0.29, 0.717) is 6.61 Å². The maximum atomic E-state index is 6.12. The van der Waals surface area contributed by atoms with E-state index in [2.05, 4.69) is 27.8 Å². The van der Waals surface area contributed by atoms with Crippen molar-refractivity contribution in [2.75, 3.05) is 13.7 Å². The number of aromatic nitrogens is 2. The maximum Gasteiger partial charge on any atom is 0.140 e. The quantitative estimate of drug-likeness (QED) is 0.366. The minimum Gasteiger partial charge on any atom is -0.497 e. The lowest BCUT2D eigenvalue weighted by atomic mass is 10.1. The molecule has 0 spiro atoms. The molecule has 29 heavy (non-hydrogen) atoms. The first-order valence-corrected chi connectivity index (χ1v) is 9.78. The molecule has 4 heteroatoms. The fraction of sp³-hybridized carbons (Fsp3) is 0.160. The number of hydrogen-bond donors (Lipinski definition) is 0. The van der Waals surface area contributed by atoms with Crippen LogP contribution < -0.4 is 9.47 Å². The van der Waals surface area contributed by atoms with Crippen molar-refractivity contribution >= 4 is 0 Å². The summed E-state index contributed by atoms with van der Waals surface area (Å²) in [6.45, 7) is 1.47. The third-order valence-electron chi connectivity index (χ3n) is 4.82. The Labute approximate surface area is 171 Å². The standard InChI is InChI=1S/C25H24N2O2/c1-28-22-12-7-11-21(19-22)25-26-15-17-27(25)16-8-18-29-24-14-6-5-13-23(24)20-9-3-2-4-10-20/h2-7,9-15,17,19H,8,16,18H2,1H3. The second-order valence-corrected chi connectivity index (χ2v) is 6.74. The summed E-state index contributed by atoms with van der Waals surface area (Å²) in [6.07, 6.45) is 4.73. The van der Waals surface area contributed by atoms with Gasteiger partial charge in [-0.15, -0.1) is 0 Å². The van der Waals surface area contributed by atoms with E-state index >= 15 is 0 Å². The Bertz CT molecular complexity index is 1060. The van der Waals surface area contributed by atoms with Gasteiger partial charge in [-0.25, -0.2) is 4.98 Å². The molecule has 4 rings (SSSR count). The number of rotatable bonds is 8. The van der Waals surface area contributed by atoms with Crippen molar-refractivity contribution in [2.24, 2.45) is 0 Å². The summed E-state index contributed by atoms with van der Waals surface area (Å²) in [7, 11) is 1.68. The van der Waals surface area contributed by atoms with Crippen molar-refractivity contribution in [1.82, 2.24) is 9.55 Å². The molecular weight excluding hydrogens is 360 g/mol. The Morgan fingerprint density at radius 2 is 1.66 bits per heavy atom. The summed E-state index contributed by atoms with van der Waals surface area (Å²) in [5, 5.41) is 0. The summed E-state index contributed by atoms with van der Waals surface area (Å²) >= 11 is 0. The molecule has 0 atom stereocenters. The zero-order chi connectivity index (χ0) is 19.9. The molecule has 0 saturated carbocycles. The number of para-hydroxylation sites is 1. The summed E-state index contributed by atoms with van der Waals surface area (Å²) in [5.41, 5.74) is 3.33. The van der Waals surface area contributed by atoms with Crippen molar-refractivity contribution in [2.45, 2.75) is 13.0 Å². The van der Waals surface area contributed by atoms with Crippen LogP contribution in [0.25, 0.3) is 22.5 Å². The van der Waals surface area contributed by atoms with E-state index in [4.69, 9.17) is 9.47 Å². The molecule has 0 aliphatic rings. The van der Waals surface area contributed by atoms with Gasteiger partial charge in [0.1, 0.15) is 17.3 Å². The molecule has 146 valence electrons. The molecule has 0 aliphatic heterocycles. The second-order valence-electron chi connectivity index (χ2n) is 6.74. The molecule has 0 unspecified atom stereocenters. The monoisotopic (exact) mass is 384 g/mol. The predicted octanol–water partition coefficient (Wildman–Crippen LogP) is 5.69. The zero-order valence-electron chi connectivity index (χ0n) is 16.5. The van der Waals surface area contributed by atoms with Gasteiger partial charge in [0.2, 0.25) is 0 Å². The van der Waals surface area contributed by atoms with Gasteiger partial charge in [-0.1, -0.05) is 60.7 Å². The Hall–Kier alpha value is -3.53. The van der Waals surface area contributed by atoms with Crippen LogP contribution in [0, 0.1) is 0 Å². The maximum absolute atomic E-state index is 6.12. The highest BCUT2D eigenvalue weighted by atomic mass is 16.5. The topological polar surface area (TPSA) is 36.3 Å². The van der Waals surface area contributed by atoms with Gasteiger partial charge in [-0.3, -0.25) is 0 Å². The Balaban J connectivity index is 1.40. The summed E-state index contributed by atoms with van der Waals surface area (Å²) < 4.78 is 13.6. The largest absolute Gasteiger partial charge is 0.497 e. The number of benzene rings is 3. The van der Waals surface area contributed by atoms with Gasteiger partial charge < -0.3 is 14.0 Å². The van der Waals surface area contributed by atoms with Gasteiger partial charge in [0, 0.05) is 30.1 Å². The highest BCUT2D eigenvalue weighted by Gasteiger charge is 2.08. The zero-order valence-corrected chi connectivity index (χ0v) is 16.5. The fourth-order valence-electron chi connectivity index (χ4n) is 3.38. The first-order chi connectivity index (χ1) is 14.3. The molecule has 0 fully saturated rings. The van der Waals surface area contributed by atoms with E-state index in [1.807, 2.05) is 73.1 Å². The molecular formula is C25H24N2O2. The Morgan fingerprint density at radius 1 is 0.862 bits per heavy atom. The number of imidazole rings is 1. The number of ether oxygens (including phenoxy) is 2. The van der Waals surface area contributed by atoms with Crippen LogP contribution in [0.3, 0.4) is 0 Å². The summed E-state index contributed by atoms with van der Waals surface area (Å²) in [6, 6.07) is 26.5. The molecule has 0 N–H and O–H groups in total. The number of hydrogen-bond acceptors (Lipinski definition) is 3. The number of nitrogens with zero attached hydrogens (tertiary/aromatic N) is 2. The molecule has 0 saturated heterocycles. The van der Waals surface area contributed by atoms with Crippen LogP contribution in [0.1, 0.15) is 6.42 Å². The van der Waals surface area contributed by atoms with Crippen molar-refractivity contribution in [1.29, 1.82) is 0 Å². The van der Waals surface area contributed by atoms with Crippen LogP contribution in [0.2, 0.25) is 0 Å². The molecule has 0 aliphatic carbocycles. The van der Waals surface area contributed by atoms with Crippen LogP contribution in [-0.4, -0.2) is 23.3 Å². The van der Waals surface area contributed by atoms with E-state index in [-0.39, 0.29) is 0 Å². The Kier molecular flexibility index (Phi) is 5.91. The van der Waals surface area contributed by atoms with Crippen molar-refractivity contribution in [3.05, 3.63) is 91.3 Å². The first-order valence-electron chi connectivity index (χ1n) is 9.78. The molecule has 4 aromatic rings. The summed E-state index contributed by atoms with van der Waals surface area (Å²) in [4.78, 5) is 4.52. The van der Waals surface area contributed by atoms with Gasteiger partial charge in [-0.05, 0) is 30.2 Å². The minimum absolute atomic E-state index is 0.638.